The first-order valence-corrected chi connectivity index (χ1v) is 7.11. The van der Waals surface area contributed by atoms with E-state index in [-0.39, 0.29) is 11.9 Å². The molecule has 1 aromatic carbocycles. The molecule has 0 spiro atoms. The first-order chi connectivity index (χ1) is 9.88. The lowest BCUT2D eigenvalue weighted by molar-refractivity contribution is 0.0674. The average molecular weight is 286 g/mol. The molecule has 2 aromatic rings. The molecule has 0 unspecified atom stereocenters. The van der Waals surface area contributed by atoms with E-state index in [1.807, 2.05) is 52.0 Å². The molecular formula is C17H22N2O2. The summed E-state index contributed by atoms with van der Waals surface area (Å²) in [7, 11) is 0. The Balaban J connectivity index is 2.29. The van der Waals surface area contributed by atoms with Gasteiger partial charge in [-0.25, -0.2) is 0 Å². The minimum Gasteiger partial charge on any atom is -0.464 e. The van der Waals surface area contributed by atoms with E-state index in [9.17, 15) is 4.79 Å². The summed E-state index contributed by atoms with van der Waals surface area (Å²) >= 11 is 0. The second kappa shape index (κ2) is 6.04. The third-order valence-corrected chi connectivity index (χ3v) is 3.50. The molecule has 0 saturated carbocycles. The number of benzene rings is 1. The fraction of sp³-hybridized carbons (Fsp3) is 0.353. The maximum Gasteiger partial charge on any atom is 0.254 e. The Morgan fingerprint density at radius 3 is 2.52 bits per heavy atom. The lowest BCUT2D eigenvalue weighted by atomic mass is 10.1. The number of carbonyl (C=O) groups is 1. The Morgan fingerprint density at radius 1 is 1.24 bits per heavy atom. The Hall–Kier alpha value is -2.23. The number of anilines is 1. The highest BCUT2D eigenvalue weighted by molar-refractivity contribution is 5.96. The van der Waals surface area contributed by atoms with E-state index >= 15 is 0 Å². The Bertz CT molecular complexity index is 644. The third kappa shape index (κ3) is 3.45. The van der Waals surface area contributed by atoms with Crippen molar-refractivity contribution in [1.29, 1.82) is 0 Å². The van der Waals surface area contributed by atoms with Gasteiger partial charge in [0.2, 0.25) is 0 Å². The minimum absolute atomic E-state index is 0.0242. The van der Waals surface area contributed by atoms with E-state index in [2.05, 4.69) is 0 Å². The number of furan rings is 1. The van der Waals surface area contributed by atoms with E-state index in [1.165, 1.54) is 0 Å². The maximum atomic E-state index is 12.8. The highest BCUT2D eigenvalue weighted by Crippen LogP contribution is 2.19. The van der Waals surface area contributed by atoms with Crippen molar-refractivity contribution in [3.63, 3.8) is 0 Å². The fourth-order valence-corrected chi connectivity index (χ4v) is 2.25. The molecule has 2 N–H and O–H groups in total. The highest BCUT2D eigenvalue weighted by Gasteiger charge is 2.21. The molecule has 0 aliphatic rings. The largest absolute Gasteiger partial charge is 0.464 e. The summed E-state index contributed by atoms with van der Waals surface area (Å²) < 4.78 is 5.59. The molecule has 0 atom stereocenters. The molecule has 21 heavy (non-hydrogen) atoms. The number of hydrogen-bond donors (Lipinski definition) is 1. The quantitative estimate of drug-likeness (QED) is 0.875. The van der Waals surface area contributed by atoms with Crippen LogP contribution in [0.15, 0.2) is 34.7 Å². The molecule has 1 heterocycles. The molecule has 0 saturated heterocycles. The predicted octanol–water partition coefficient (Wildman–Crippen LogP) is 3.53. The molecule has 0 aliphatic heterocycles. The minimum atomic E-state index is -0.0242. The number of hydrogen-bond acceptors (Lipinski definition) is 3. The number of rotatable bonds is 4. The lowest BCUT2D eigenvalue weighted by Crippen LogP contribution is -2.36. The summed E-state index contributed by atoms with van der Waals surface area (Å²) in [4.78, 5) is 14.6. The van der Waals surface area contributed by atoms with Crippen molar-refractivity contribution >= 4 is 11.6 Å². The number of nitrogens with two attached hydrogens (primary N) is 1. The van der Waals surface area contributed by atoms with Gasteiger partial charge in [-0.1, -0.05) is 6.07 Å². The van der Waals surface area contributed by atoms with Gasteiger partial charge in [0.05, 0.1) is 6.54 Å². The molecular weight excluding hydrogens is 264 g/mol. The van der Waals surface area contributed by atoms with E-state index in [4.69, 9.17) is 10.2 Å². The second-order valence-corrected chi connectivity index (χ2v) is 5.61. The molecule has 4 heteroatoms. The van der Waals surface area contributed by atoms with Gasteiger partial charge in [0.1, 0.15) is 11.5 Å². The smallest absolute Gasteiger partial charge is 0.254 e. The Morgan fingerprint density at radius 2 is 1.95 bits per heavy atom. The van der Waals surface area contributed by atoms with Crippen LogP contribution in [0.3, 0.4) is 0 Å². The zero-order valence-corrected chi connectivity index (χ0v) is 13.0. The van der Waals surface area contributed by atoms with Gasteiger partial charge in [-0.3, -0.25) is 4.79 Å². The normalized spacial score (nSPS) is 10.9. The number of amides is 1. The van der Waals surface area contributed by atoms with Gasteiger partial charge < -0.3 is 15.1 Å². The fourth-order valence-electron chi connectivity index (χ4n) is 2.25. The Labute approximate surface area is 125 Å². The van der Waals surface area contributed by atoms with Crippen LogP contribution in [0.2, 0.25) is 0 Å². The van der Waals surface area contributed by atoms with Gasteiger partial charge in [-0.15, -0.1) is 0 Å². The monoisotopic (exact) mass is 286 g/mol. The van der Waals surface area contributed by atoms with Crippen molar-refractivity contribution < 1.29 is 9.21 Å². The van der Waals surface area contributed by atoms with Crippen LogP contribution < -0.4 is 5.73 Å². The van der Waals surface area contributed by atoms with Crippen LogP contribution >= 0.6 is 0 Å². The maximum absolute atomic E-state index is 12.8. The standard InChI is InChI=1S/C17H22N2O2/c1-11(2)19(10-15-8-6-13(4)21-15)17(20)16-9-14(18)7-5-12(16)3/h5-9,11H,10,18H2,1-4H3. The summed E-state index contributed by atoms with van der Waals surface area (Å²) in [6, 6.07) is 9.30. The molecule has 2 rings (SSSR count). The average Bonchev–Trinajstić information content (AvgIpc) is 2.83. The topological polar surface area (TPSA) is 59.5 Å². The second-order valence-electron chi connectivity index (χ2n) is 5.61. The van der Waals surface area contributed by atoms with Gasteiger partial charge in [0, 0.05) is 17.3 Å². The van der Waals surface area contributed by atoms with Crippen LogP contribution in [-0.2, 0) is 6.54 Å². The van der Waals surface area contributed by atoms with Crippen LogP contribution in [0, 0.1) is 13.8 Å². The predicted molar refractivity (Wildman–Crippen MR) is 84.0 cm³/mol. The van der Waals surface area contributed by atoms with E-state index in [0.717, 1.165) is 17.1 Å². The van der Waals surface area contributed by atoms with Crippen molar-refractivity contribution in [2.75, 3.05) is 5.73 Å². The zero-order chi connectivity index (χ0) is 15.6. The Kier molecular flexibility index (Phi) is 4.36. The molecule has 1 amide bonds. The molecule has 112 valence electrons. The van der Waals surface area contributed by atoms with E-state index < -0.39 is 0 Å². The van der Waals surface area contributed by atoms with Crippen LogP contribution in [0.1, 0.15) is 41.3 Å². The van der Waals surface area contributed by atoms with Crippen LogP contribution in [0.25, 0.3) is 0 Å². The van der Waals surface area contributed by atoms with Gasteiger partial charge in [-0.2, -0.15) is 0 Å². The number of carbonyl (C=O) groups excluding carboxylic acids is 1. The SMILES string of the molecule is Cc1ccc(CN(C(=O)c2cc(N)ccc2C)C(C)C)o1. The van der Waals surface area contributed by atoms with Crippen LogP contribution in [0.5, 0.6) is 0 Å². The van der Waals surface area contributed by atoms with Crippen molar-refractivity contribution in [2.24, 2.45) is 0 Å². The first kappa shape index (κ1) is 15.2. The molecule has 0 bridgehead atoms. The van der Waals surface area contributed by atoms with Crippen molar-refractivity contribution in [3.8, 4) is 0 Å². The summed E-state index contributed by atoms with van der Waals surface area (Å²) in [5.74, 6) is 1.61. The van der Waals surface area contributed by atoms with Gasteiger partial charge in [0.25, 0.3) is 5.91 Å². The van der Waals surface area contributed by atoms with E-state index in [1.54, 1.807) is 11.0 Å². The molecule has 0 radical (unpaired) electrons. The number of aryl methyl sites for hydroxylation is 2. The summed E-state index contributed by atoms with van der Waals surface area (Å²) in [5, 5.41) is 0. The number of nitrogens with zero attached hydrogens (tertiary/aromatic N) is 1. The van der Waals surface area contributed by atoms with Crippen molar-refractivity contribution in [3.05, 3.63) is 53.0 Å². The van der Waals surface area contributed by atoms with Crippen LogP contribution in [0.4, 0.5) is 5.69 Å². The van der Waals surface area contributed by atoms with Crippen molar-refractivity contribution in [1.82, 2.24) is 4.90 Å². The van der Waals surface area contributed by atoms with Crippen LogP contribution in [-0.4, -0.2) is 16.8 Å². The highest BCUT2D eigenvalue weighted by atomic mass is 16.3. The van der Waals surface area contributed by atoms with Gasteiger partial charge >= 0.3 is 0 Å². The molecule has 1 aromatic heterocycles. The molecule has 0 aliphatic carbocycles. The molecule has 4 nitrogen and oxygen atoms in total. The van der Waals surface area contributed by atoms with Gasteiger partial charge in [-0.05, 0) is 57.5 Å². The van der Waals surface area contributed by atoms with Gasteiger partial charge in [0.15, 0.2) is 0 Å². The third-order valence-electron chi connectivity index (χ3n) is 3.50. The summed E-state index contributed by atoms with van der Waals surface area (Å²) in [5.41, 5.74) is 7.98. The molecule has 0 fully saturated rings. The first-order valence-electron chi connectivity index (χ1n) is 7.11. The summed E-state index contributed by atoms with van der Waals surface area (Å²) in [6.45, 7) is 8.26. The zero-order valence-electron chi connectivity index (χ0n) is 13.0. The summed E-state index contributed by atoms with van der Waals surface area (Å²) in [6.07, 6.45) is 0. The van der Waals surface area contributed by atoms with E-state index in [0.29, 0.717) is 17.8 Å². The van der Waals surface area contributed by atoms with Crippen molar-refractivity contribution in [2.45, 2.75) is 40.3 Å². The lowest BCUT2D eigenvalue weighted by Gasteiger charge is -2.26. The number of nitrogen functional groups attached to an aromatic ring is 1.